The van der Waals surface area contributed by atoms with Crippen molar-refractivity contribution in [1.82, 2.24) is 0 Å². The van der Waals surface area contributed by atoms with Crippen LogP contribution in [0.25, 0.3) is 0 Å². The van der Waals surface area contributed by atoms with Crippen molar-refractivity contribution in [2.24, 2.45) is 0 Å². The summed E-state index contributed by atoms with van der Waals surface area (Å²) in [5, 5.41) is -0.230. The van der Waals surface area contributed by atoms with E-state index in [4.69, 9.17) is 5.73 Å². The van der Waals surface area contributed by atoms with E-state index in [0.717, 1.165) is 0 Å². The highest BCUT2D eigenvalue weighted by Crippen LogP contribution is 2.21. The maximum atomic E-state index is 10.4. The summed E-state index contributed by atoms with van der Waals surface area (Å²) >= 11 is 0. The number of rotatable bonds is 1. The Balaban J connectivity index is 3.09. The lowest BCUT2D eigenvalue weighted by molar-refractivity contribution is -0.307. The van der Waals surface area contributed by atoms with Gasteiger partial charge in [-0.2, -0.15) is 0 Å². The zero-order valence-corrected chi connectivity index (χ0v) is 6.45. The van der Waals surface area contributed by atoms with Gasteiger partial charge < -0.3 is 20.1 Å². The molecular weight excluding hydrogens is 165 g/mol. The second-order valence-corrected chi connectivity index (χ2v) is 3.60. The van der Waals surface area contributed by atoms with Crippen LogP contribution >= 0.6 is 7.60 Å². The molecule has 0 heterocycles. The van der Waals surface area contributed by atoms with E-state index in [2.05, 4.69) is 0 Å². The molecule has 11 heavy (non-hydrogen) atoms. The molecule has 5 heteroatoms. The van der Waals surface area contributed by atoms with Gasteiger partial charge in [0.2, 0.25) is 0 Å². The lowest BCUT2D eigenvalue weighted by Crippen LogP contribution is -2.24. The Hall–Kier alpha value is -0.830. The highest BCUT2D eigenvalue weighted by molar-refractivity contribution is 7.57. The Kier molecular flexibility index (Phi) is 2.00. The molecule has 60 valence electrons. The van der Waals surface area contributed by atoms with Gasteiger partial charge in [-0.1, -0.05) is 12.1 Å². The number of anilines is 1. The standard InChI is InChI=1S/C6H8NO3P/c7-5-1-3-6(4-2-5)11(8,9)10/h1-4H,7H2,(H2,8,9,10)/p-2. The molecule has 0 bridgehead atoms. The normalized spacial score (nSPS) is 11.5. The summed E-state index contributed by atoms with van der Waals surface area (Å²) in [6.45, 7) is 0. The number of nitrogens with two attached hydrogens (primary N) is 1. The highest BCUT2D eigenvalue weighted by Gasteiger charge is 1.94. The maximum Gasteiger partial charge on any atom is 0.0314 e. The number of nitrogen functional groups attached to an aromatic ring is 1. The second kappa shape index (κ2) is 2.66. The summed E-state index contributed by atoms with van der Waals surface area (Å²) < 4.78 is 10.4. The molecule has 0 saturated carbocycles. The van der Waals surface area contributed by atoms with Gasteiger partial charge in [0.25, 0.3) is 0 Å². The topological polar surface area (TPSA) is 89.2 Å². The molecule has 0 aromatic heterocycles. The molecule has 0 aliphatic heterocycles. The SMILES string of the molecule is Nc1ccc(P(=O)([O-])[O-])cc1. The molecule has 1 aromatic rings. The predicted molar refractivity (Wildman–Crippen MR) is 38.1 cm³/mol. The molecular formula is C6H6NO3P-2. The third-order valence-electron chi connectivity index (χ3n) is 1.21. The number of hydrogen-bond acceptors (Lipinski definition) is 4. The molecule has 0 aliphatic carbocycles. The van der Waals surface area contributed by atoms with Crippen LogP contribution < -0.4 is 20.8 Å². The minimum atomic E-state index is -4.59. The quantitative estimate of drug-likeness (QED) is 0.425. The Bertz CT molecular complexity index is 289. The van der Waals surface area contributed by atoms with Gasteiger partial charge in [0, 0.05) is 5.69 Å². The van der Waals surface area contributed by atoms with Gasteiger partial charge >= 0.3 is 0 Å². The maximum absolute atomic E-state index is 10.4. The van der Waals surface area contributed by atoms with Crippen LogP contribution in [0, 0.1) is 0 Å². The van der Waals surface area contributed by atoms with Crippen LogP contribution in [-0.4, -0.2) is 0 Å². The predicted octanol–water partition coefficient (Wildman–Crippen LogP) is -1.19. The van der Waals surface area contributed by atoms with Crippen molar-refractivity contribution in [3.63, 3.8) is 0 Å². The molecule has 0 spiro atoms. The average molecular weight is 171 g/mol. The van der Waals surface area contributed by atoms with E-state index in [0.29, 0.717) is 5.69 Å². The molecule has 4 nitrogen and oxygen atoms in total. The van der Waals surface area contributed by atoms with Crippen LogP contribution in [0.5, 0.6) is 0 Å². The van der Waals surface area contributed by atoms with Crippen LogP contribution in [0.2, 0.25) is 0 Å². The van der Waals surface area contributed by atoms with Gasteiger partial charge in [0.15, 0.2) is 0 Å². The summed E-state index contributed by atoms with van der Waals surface area (Å²) in [7, 11) is -4.59. The van der Waals surface area contributed by atoms with Crippen molar-refractivity contribution < 1.29 is 14.4 Å². The van der Waals surface area contributed by atoms with Gasteiger partial charge in [0.05, 0.1) is 0 Å². The van der Waals surface area contributed by atoms with Crippen molar-refractivity contribution in [1.29, 1.82) is 0 Å². The van der Waals surface area contributed by atoms with E-state index in [9.17, 15) is 14.4 Å². The first kappa shape index (κ1) is 8.27. The molecule has 0 atom stereocenters. The highest BCUT2D eigenvalue weighted by atomic mass is 31.2. The van der Waals surface area contributed by atoms with Crippen LogP contribution in [0.15, 0.2) is 24.3 Å². The third-order valence-corrected chi connectivity index (χ3v) is 2.14. The van der Waals surface area contributed by atoms with Crippen LogP contribution in [0.1, 0.15) is 0 Å². The molecule has 0 aliphatic rings. The average Bonchev–Trinajstić information content (AvgIpc) is 1.86. The summed E-state index contributed by atoms with van der Waals surface area (Å²) in [5.74, 6) is 0. The summed E-state index contributed by atoms with van der Waals surface area (Å²) in [5.41, 5.74) is 5.71. The van der Waals surface area contributed by atoms with Crippen molar-refractivity contribution in [3.8, 4) is 0 Å². The lowest BCUT2D eigenvalue weighted by atomic mass is 10.3. The van der Waals surface area contributed by atoms with Crippen LogP contribution in [-0.2, 0) is 4.57 Å². The number of benzene rings is 1. The fourth-order valence-corrected chi connectivity index (χ4v) is 1.17. The first-order valence-corrected chi connectivity index (χ1v) is 4.42. The fourth-order valence-electron chi connectivity index (χ4n) is 0.657. The van der Waals surface area contributed by atoms with E-state index < -0.39 is 7.60 Å². The monoisotopic (exact) mass is 171 g/mol. The minimum Gasteiger partial charge on any atom is -0.807 e. The van der Waals surface area contributed by atoms with Crippen molar-refractivity contribution >= 4 is 18.6 Å². The zero-order chi connectivity index (χ0) is 8.48. The number of hydrogen-bond donors (Lipinski definition) is 1. The smallest absolute Gasteiger partial charge is 0.0314 e. The van der Waals surface area contributed by atoms with E-state index in [1.165, 1.54) is 24.3 Å². The molecule has 0 saturated heterocycles. The first-order valence-electron chi connectivity index (χ1n) is 2.88. The summed E-state index contributed by atoms with van der Waals surface area (Å²) in [4.78, 5) is 20.8. The Morgan fingerprint density at radius 1 is 1.18 bits per heavy atom. The van der Waals surface area contributed by atoms with Gasteiger partial charge in [-0.05, 0) is 25.0 Å². The lowest BCUT2D eigenvalue weighted by Gasteiger charge is -2.29. The van der Waals surface area contributed by atoms with E-state index in [-0.39, 0.29) is 5.30 Å². The van der Waals surface area contributed by atoms with Crippen molar-refractivity contribution in [2.75, 3.05) is 5.73 Å². The Labute approximate surface area is 63.8 Å². The summed E-state index contributed by atoms with van der Waals surface area (Å²) in [6.07, 6.45) is 0. The fraction of sp³-hybridized carbons (Fsp3) is 0. The van der Waals surface area contributed by atoms with Gasteiger partial charge in [0.1, 0.15) is 0 Å². The summed E-state index contributed by atoms with van der Waals surface area (Å²) in [6, 6.07) is 5.13. The molecule has 1 aromatic carbocycles. The molecule has 0 fully saturated rings. The van der Waals surface area contributed by atoms with Gasteiger partial charge in [-0.25, -0.2) is 0 Å². The first-order chi connectivity index (χ1) is 5.00. The van der Waals surface area contributed by atoms with Crippen LogP contribution in [0.3, 0.4) is 0 Å². The third kappa shape index (κ3) is 2.05. The largest absolute Gasteiger partial charge is 0.807 e. The second-order valence-electron chi connectivity index (χ2n) is 2.09. The Morgan fingerprint density at radius 2 is 1.64 bits per heavy atom. The minimum absolute atomic E-state index is 0.230. The van der Waals surface area contributed by atoms with Crippen molar-refractivity contribution in [2.45, 2.75) is 0 Å². The molecule has 0 unspecified atom stereocenters. The van der Waals surface area contributed by atoms with E-state index in [1.807, 2.05) is 0 Å². The van der Waals surface area contributed by atoms with Crippen molar-refractivity contribution in [3.05, 3.63) is 24.3 Å². The van der Waals surface area contributed by atoms with Crippen LogP contribution in [0.4, 0.5) is 5.69 Å². The van der Waals surface area contributed by atoms with E-state index in [1.54, 1.807) is 0 Å². The zero-order valence-electron chi connectivity index (χ0n) is 5.56. The molecule has 0 amide bonds. The van der Waals surface area contributed by atoms with Gasteiger partial charge in [-0.3, -0.25) is 0 Å². The molecule has 2 N–H and O–H groups in total. The van der Waals surface area contributed by atoms with Gasteiger partial charge in [-0.15, -0.1) is 0 Å². The molecule has 0 radical (unpaired) electrons. The molecule has 1 rings (SSSR count). The van der Waals surface area contributed by atoms with E-state index >= 15 is 0 Å². The Morgan fingerprint density at radius 3 is 2.00 bits per heavy atom.